The number of fused-ring (bicyclic) bond motifs is 2. The number of rotatable bonds is 4. The van der Waals surface area contributed by atoms with Crippen LogP contribution in [0.15, 0.2) is 72.8 Å². The molecule has 4 aromatic rings. The maximum Gasteiger partial charge on any atom is 0.339 e. The zero-order valence-electron chi connectivity index (χ0n) is 15.6. The monoisotopic (exact) mass is 404 g/mol. The lowest BCUT2D eigenvalue weighted by atomic mass is 10.1. The molecule has 0 fully saturated rings. The van der Waals surface area contributed by atoms with E-state index in [4.69, 9.17) is 16.3 Å². The molecule has 5 nitrogen and oxygen atoms in total. The zero-order chi connectivity index (χ0) is 20.4. The molecule has 0 aliphatic rings. The Morgan fingerprint density at radius 2 is 1.66 bits per heavy atom. The molecule has 1 aromatic heterocycles. The molecule has 0 aliphatic carbocycles. The highest BCUT2D eigenvalue weighted by molar-refractivity contribution is 6.30. The number of amides is 1. The Balaban J connectivity index is 1.54. The van der Waals surface area contributed by atoms with Crippen molar-refractivity contribution in [2.75, 3.05) is 5.32 Å². The number of halogens is 1. The van der Waals surface area contributed by atoms with Gasteiger partial charge >= 0.3 is 5.97 Å². The summed E-state index contributed by atoms with van der Waals surface area (Å²) in [6.45, 7) is 1.53. The number of anilines is 1. The summed E-state index contributed by atoms with van der Waals surface area (Å²) in [5.74, 6) is -1.05. The van der Waals surface area contributed by atoms with E-state index in [1.165, 1.54) is 13.0 Å². The number of benzene rings is 3. The van der Waals surface area contributed by atoms with Crippen LogP contribution in [0, 0.1) is 0 Å². The van der Waals surface area contributed by atoms with E-state index < -0.39 is 18.0 Å². The van der Waals surface area contributed by atoms with Crippen molar-refractivity contribution in [1.29, 1.82) is 0 Å². The minimum absolute atomic E-state index is 0.184. The lowest BCUT2D eigenvalue weighted by molar-refractivity contribution is -0.123. The standard InChI is InChI=1S/C23H17ClN2O3/c1-14(22(27)26-19-12-6-8-15-7-2-3-9-16(15)19)29-23(28)18-13-21(24)25-20-11-5-4-10-17(18)20/h2-14H,1H3,(H,26,27)/t14-/m0/s1. The van der Waals surface area contributed by atoms with Gasteiger partial charge in [-0.3, -0.25) is 4.79 Å². The number of carbonyl (C=O) groups is 2. The molecule has 4 rings (SSSR count). The fourth-order valence-corrected chi connectivity index (χ4v) is 3.36. The largest absolute Gasteiger partial charge is 0.449 e. The van der Waals surface area contributed by atoms with Crippen LogP contribution in [0.3, 0.4) is 0 Å². The van der Waals surface area contributed by atoms with Crippen LogP contribution in [0.5, 0.6) is 0 Å². The SMILES string of the molecule is C[C@H](OC(=O)c1cc(Cl)nc2ccccc12)C(=O)Nc1cccc2ccccc12. The number of aromatic nitrogens is 1. The maximum absolute atomic E-state index is 12.7. The van der Waals surface area contributed by atoms with Crippen molar-refractivity contribution in [3.8, 4) is 0 Å². The molecule has 0 saturated heterocycles. The average molecular weight is 405 g/mol. The van der Waals surface area contributed by atoms with Crippen molar-refractivity contribution in [2.45, 2.75) is 13.0 Å². The first kappa shape index (κ1) is 18.9. The smallest absolute Gasteiger partial charge is 0.339 e. The minimum Gasteiger partial charge on any atom is -0.449 e. The predicted molar refractivity (Wildman–Crippen MR) is 114 cm³/mol. The Bertz CT molecular complexity index is 1230. The van der Waals surface area contributed by atoms with Crippen LogP contribution in [0.2, 0.25) is 5.15 Å². The number of ether oxygens (including phenoxy) is 1. The summed E-state index contributed by atoms with van der Waals surface area (Å²) in [6.07, 6.45) is -0.993. The molecule has 1 atom stereocenters. The first-order chi connectivity index (χ1) is 14.0. The van der Waals surface area contributed by atoms with Gasteiger partial charge in [-0.15, -0.1) is 0 Å². The number of nitrogens with zero attached hydrogens (tertiary/aromatic N) is 1. The van der Waals surface area contributed by atoms with Crippen LogP contribution in [-0.2, 0) is 9.53 Å². The van der Waals surface area contributed by atoms with E-state index in [0.717, 1.165) is 10.8 Å². The lowest BCUT2D eigenvalue weighted by Gasteiger charge is -2.15. The van der Waals surface area contributed by atoms with E-state index >= 15 is 0 Å². The van der Waals surface area contributed by atoms with Crippen molar-refractivity contribution in [1.82, 2.24) is 4.98 Å². The molecule has 29 heavy (non-hydrogen) atoms. The topological polar surface area (TPSA) is 68.3 Å². The molecular weight excluding hydrogens is 388 g/mol. The molecule has 0 bridgehead atoms. The quantitative estimate of drug-likeness (QED) is 0.373. The molecular formula is C23H17ClN2O3. The molecule has 1 amide bonds. The fourth-order valence-electron chi connectivity index (χ4n) is 3.16. The molecule has 0 aliphatic heterocycles. The van der Waals surface area contributed by atoms with Crippen molar-refractivity contribution >= 4 is 50.8 Å². The molecule has 3 aromatic carbocycles. The van der Waals surface area contributed by atoms with E-state index in [2.05, 4.69) is 10.3 Å². The summed E-state index contributed by atoms with van der Waals surface area (Å²) >= 11 is 6.03. The number of nitrogens with one attached hydrogen (secondary N) is 1. The molecule has 144 valence electrons. The highest BCUT2D eigenvalue weighted by atomic mass is 35.5. The first-order valence-electron chi connectivity index (χ1n) is 9.08. The van der Waals surface area contributed by atoms with Crippen molar-refractivity contribution < 1.29 is 14.3 Å². The van der Waals surface area contributed by atoms with Gasteiger partial charge in [-0.2, -0.15) is 0 Å². The average Bonchev–Trinajstić information content (AvgIpc) is 2.73. The molecule has 0 unspecified atom stereocenters. The summed E-state index contributed by atoms with van der Waals surface area (Å²) in [6, 6.07) is 21.9. The Morgan fingerprint density at radius 1 is 0.966 bits per heavy atom. The van der Waals surface area contributed by atoms with Gasteiger partial charge in [0, 0.05) is 16.5 Å². The Hall–Kier alpha value is -3.44. The summed E-state index contributed by atoms with van der Waals surface area (Å²) < 4.78 is 5.41. The molecule has 0 spiro atoms. The minimum atomic E-state index is -0.993. The number of hydrogen-bond acceptors (Lipinski definition) is 4. The second kappa shape index (κ2) is 7.89. The van der Waals surface area contributed by atoms with E-state index in [-0.39, 0.29) is 10.7 Å². The Labute approximate surface area is 172 Å². The lowest BCUT2D eigenvalue weighted by Crippen LogP contribution is -2.30. The number of pyridine rings is 1. The van der Waals surface area contributed by atoms with Gasteiger partial charge in [0.15, 0.2) is 6.10 Å². The summed E-state index contributed by atoms with van der Waals surface area (Å²) in [5.41, 5.74) is 1.51. The van der Waals surface area contributed by atoms with Crippen molar-refractivity contribution in [3.63, 3.8) is 0 Å². The Kier molecular flexibility index (Phi) is 5.14. The van der Waals surface area contributed by atoms with Gasteiger partial charge < -0.3 is 10.1 Å². The van der Waals surface area contributed by atoms with Crippen LogP contribution in [0.4, 0.5) is 5.69 Å². The van der Waals surface area contributed by atoms with Gasteiger partial charge in [0.1, 0.15) is 5.15 Å². The zero-order valence-corrected chi connectivity index (χ0v) is 16.3. The van der Waals surface area contributed by atoms with Crippen molar-refractivity contribution in [3.05, 3.63) is 83.5 Å². The Morgan fingerprint density at radius 3 is 2.48 bits per heavy atom. The summed E-state index contributed by atoms with van der Waals surface area (Å²) in [5, 5.41) is 5.55. The third-order valence-corrected chi connectivity index (χ3v) is 4.80. The molecule has 1 N–H and O–H groups in total. The van der Waals surface area contributed by atoms with E-state index in [0.29, 0.717) is 16.6 Å². The van der Waals surface area contributed by atoms with E-state index in [9.17, 15) is 9.59 Å². The number of carbonyl (C=O) groups excluding carboxylic acids is 2. The van der Waals surface area contributed by atoms with Crippen LogP contribution < -0.4 is 5.32 Å². The third-order valence-electron chi connectivity index (χ3n) is 4.61. The third kappa shape index (κ3) is 3.91. The highest BCUT2D eigenvalue weighted by Gasteiger charge is 2.21. The predicted octanol–water partition coefficient (Wildman–Crippen LogP) is 5.23. The van der Waals surface area contributed by atoms with Gasteiger partial charge in [0.25, 0.3) is 5.91 Å². The van der Waals surface area contributed by atoms with Gasteiger partial charge in [-0.05, 0) is 30.5 Å². The van der Waals surface area contributed by atoms with Gasteiger partial charge in [-0.1, -0.05) is 66.2 Å². The van der Waals surface area contributed by atoms with Gasteiger partial charge in [0.2, 0.25) is 0 Å². The molecule has 0 saturated carbocycles. The van der Waals surface area contributed by atoms with E-state index in [1.807, 2.05) is 42.5 Å². The second-order valence-electron chi connectivity index (χ2n) is 6.57. The van der Waals surface area contributed by atoms with Crippen molar-refractivity contribution in [2.24, 2.45) is 0 Å². The summed E-state index contributed by atoms with van der Waals surface area (Å²) in [7, 11) is 0. The molecule has 1 heterocycles. The summed E-state index contributed by atoms with van der Waals surface area (Å²) in [4.78, 5) is 29.5. The van der Waals surface area contributed by atoms with Crippen LogP contribution in [0.25, 0.3) is 21.7 Å². The highest BCUT2D eigenvalue weighted by Crippen LogP contribution is 2.24. The normalized spacial score (nSPS) is 11.9. The first-order valence-corrected chi connectivity index (χ1v) is 9.45. The van der Waals surface area contributed by atoms with Crippen LogP contribution >= 0.6 is 11.6 Å². The van der Waals surface area contributed by atoms with Crippen LogP contribution in [-0.4, -0.2) is 23.0 Å². The van der Waals surface area contributed by atoms with Gasteiger partial charge in [0.05, 0.1) is 11.1 Å². The second-order valence-corrected chi connectivity index (χ2v) is 6.96. The molecule has 6 heteroatoms. The van der Waals surface area contributed by atoms with Gasteiger partial charge in [-0.25, -0.2) is 9.78 Å². The van der Waals surface area contributed by atoms with Crippen LogP contribution in [0.1, 0.15) is 17.3 Å². The number of para-hydroxylation sites is 1. The molecule has 0 radical (unpaired) electrons. The maximum atomic E-state index is 12.7. The number of esters is 1. The van der Waals surface area contributed by atoms with E-state index in [1.54, 1.807) is 24.3 Å². The fraction of sp³-hybridized carbons (Fsp3) is 0.0870. The number of hydrogen-bond donors (Lipinski definition) is 1.